The van der Waals surface area contributed by atoms with E-state index >= 15 is 0 Å². The van der Waals surface area contributed by atoms with Gasteiger partial charge in [-0.15, -0.1) is 0 Å². The van der Waals surface area contributed by atoms with Gasteiger partial charge in [-0.3, -0.25) is 19.3 Å². The van der Waals surface area contributed by atoms with E-state index in [0.29, 0.717) is 38.2 Å². The lowest BCUT2D eigenvalue weighted by Crippen LogP contribution is -2.56. The van der Waals surface area contributed by atoms with E-state index in [1.54, 1.807) is 30.0 Å². The Balaban J connectivity index is 1.23. The first-order valence-electron chi connectivity index (χ1n) is 19.1. The molecule has 2 aliphatic heterocycles. The molecule has 0 unspecified atom stereocenters. The maximum absolute atomic E-state index is 14.7. The molecule has 0 spiro atoms. The Hall–Kier alpha value is -5.92. The quantitative estimate of drug-likeness (QED) is 0.183. The summed E-state index contributed by atoms with van der Waals surface area (Å²) in [6.07, 6.45) is 3.66. The number of rotatable bonds is 12. The van der Waals surface area contributed by atoms with Crippen LogP contribution in [-0.2, 0) is 33.9 Å². The molecule has 10 nitrogen and oxygen atoms in total. The molecule has 0 radical (unpaired) electrons. The Morgan fingerprint density at radius 2 is 1.35 bits per heavy atom. The zero-order chi connectivity index (χ0) is 38.7. The molecule has 6 rings (SSSR count). The largest absolute Gasteiger partial charge is 0.378 e. The van der Waals surface area contributed by atoms with Crippen LogP contribution in [0, 0.1) is 11.3 Å². The van der Waals surface area contributed by atoms with Crippen molar-refractivity contribution in [1.29, 1.82) is 5.26 Å². The van der Waals surface area contributed by atoms with Gasteiger partial charge in [-0.1, -0.05) is 66.7 Å². The molecule has 0 aromatic heterocycles. The maximum Gasteiger partial charge on any atom is 0.247 e. The molecule has 2 aliphatic rings. The highest BCUT2D eigenvalue weighted by Crippen LogP contribution is 2.23. The lowest BCUT2D eigenvalue weighted by atomic mass is 10.0. The van der Waals surface area contributed by atoms with Crippen LogP contribution in [0.1, 0.15) is 34.7 Å². The van der Waals surface area contributed by atoms with Crippen molar-refractivity contribution in [2.24, 2.45) is 0 Å². The lowest BCUT2D eigenvalue weighted by Gasteiger charge is -2.39. The Morgan fingerprint density at radius 1 is 0.727 bits per heavy atom. The fourth-order valence-electron chi connectivity index (χ4n) is 7.23. The number of piperazine rings is 2. The van der Waals surface area contributed by atoms with Crippen LogP contribution in [0.5, 0.6) is 0 Å². The summed E-state index contributed by atoms with van der Waals surface area (Å²) < 4.78 is 0. The Labute approximate surface area is 325 Å². The first kappa shape index (κ1) is 38.8. The number of anilines is 2. The summed E-state index contributed by atoms with van der Waals surface area (Å²) in [7, 11) is 4.07. The van der Waals surface area contributed by atoms with Crippen molar-refractivity contribution in [2.45, 2.75) is 32.5 Å². The molecule has 0 bridgehead atoms. The zero-order valence-corrected chi connectivity index (χ0v) is 32.2. The second kappa shape index (κ2) is 18.4. The average molecular weight is 738 g/mol. The molecule has 0 saturated carbocycles. The number of amides is 3. The van der Waals surface area contributed by atoms with Gasteiger partial charge >= 0.3 is 0 Å². The van der Waals surface area contributed by atoms with Gasteiger partial charge < -0.3 is 24.5 Å². The molecule has 0 aliphatic carbocycles. The van der Waals surface area contributed by atoms with Crippen molar-refractivity contribution in [3.8, 4) is 6.07 Å². The Kier molecular flexibility index (Phi) is 13.0. The summed E-state index contributed by atoms with van der Waals surface area (Å²) in [6.45, 7) is 8.21. The number of nitrogens with zero attached hydrogens (tertiary/aromatic N) is 7. The molecule has 55 heavy (non-hydrogen) atoms. The van der Waals surface area contributed by atoms with Crippen molar-refractivity contribution in [3.05, 3.63) is 137 Å². The predicted octanol–water partition coefficient (Wildman–Crippen LogP) is 5.29. The second-order valence-electron chi connectivity index (χ2n) is 14.6. The van der Waals surface area contributed by atoms with Crippen molar-refractivity contribution >= 4 is 35.2 Å². The molecule has 284 valence electrons. The van der Waals surface area contributed by atoms with Crippen LogP contribution >= 0.6 is 0 Å². The third-order valence-electron chi connectivity index (χ3n) is 10.6. The number of nitriles is 1. The molecule has 4 aromatic carbocycles. The summed E-state index contributed by atoms with van der Waals surface area (Å²) in [5.41, 5.74) is 6.70. The van der Waals surface area contributed by atoms with E-state index in [2.05, 4.69) is 57.2 Å². The molecule has 10 heteroatoms. The number of hydrogen-bond acceptors (Lipinski definition) is 7. The molecule has 1 atom stereocenters. The van der Waals surface area contributed by atoms with Crippen LogP contribution in [0.4, 0.5) is 11.4 Å². The maximum atomic E-state index is 14.7. The fraction of sp³-hybridized carbons (Fsp3) is 0.333. The first-order valence-corrected chi connectivity index (χ1v) is 19.1. The van der Waals surface area contributed by atoms with Gasteiger partial charge in [0.05, 0.1) is 11.6 Å². The summed E-state index contributed by atoms with van der Waals surface area (Å²) >= 11 is 0. The van der Waals surface area contributed by atoms with Crippen molar-refractivity contribution in [2.75, 3.05) is 76.3 Å². The van der Waals surface area contributed by atoms with Crippen LogP contribution < -0.4 is 9.80 Å². The third kappa shape index (κ3) is 10.4. The van der Waals surface area contributed by atoms with Gasteiger partial charge in [-0.05, 0) is 64.7 Å². The minimum atomic E-state index is -0.732. The van der Waals surface area contributed by atoms with Crippen LogP contribution in [0.25, 0.3) is 6.08 Å². The monoisotopic (exact) mass is 737 g/mol. The molecule has 2 saturated heterocycles. The number of carbonyl (C=O) groups excluding carboxylic acids is 3. The SMILES string of the molecule is CC(=O)N1CCN(c2ccc(CN(C(=O)/C=C\c3ccc(C#N)cc3)[C@@H](Cc3ccccc3)C(=O)N3CCN(Cc4ccc(N(C)C)cc4)CC3)cc2)CC1. The molecule has 2 heterocycles. The summed E-state index contributed by atoms with van der Waals surface area (Å²) in [4.78, 5) is 53.2. The van der Waals surface area contributed by atoms with Gasteiger partial charge in [-0.2, -0.15) is 5.26 Å². The molecule has 2 fully saturated rings. The summed E-state index contributed by atoms with van der Waals surface area (Å²) in [5, 5.41) is 9.24. The molecular formula is C45H51N7O3. The highest BCUT2D eigenvalue weighted by Gasteiger charge is 2.34. The van der Waals surface area contributed by atoms with Gasteiger partial charge in [0.2, 0.25) is 17.7 Å². The lowest BCUT2D eigenvalue weighted by molar-refractivity contribution is -0.145. The summed E-state index contributed by atoms with van der Waals surface area (Å²) in [6, 6.07) is 35.2. The van der Waals surface area contributed by atoms with Gasteiger partial charge in [0.25, 0.3) is 0 Å². The fourth-order valence-corrected chi connectivity index (χ4v) is 7.23. The molecule has 0 N–H and O–H groups in total. The normalized spacial score (nSPS) is 15.4. The van der Waals surface area contributed by atoms with E-state index in [9.17, 15) is 19.6 Å². The smallest absolute Gasteiger partial charge is 0.247 e. The van der Waals surface area contributed by atoms with E-state index in [0.717, 1.165) is 60.8 Å². The van der Waals surface area contributed by atoms with E-state index < -0.39 is 6.04 Å². The minimum absolute atomic E-state index is 0.0566. The van der Waals surface area contributed by atoms with Gasteiger partial charge in [-0.25, -0.2) is 0 Å². The number of carbonyl (C=O) groups is 3. The highest BCUT2D eigenvalue weighted by atomic mass is 16.2. The standard InChI is InChI=1S/C45H51N7O3/c1-35(53)49-27-29-50(30-28-49)42-20-15-40(16-21-42)34-52(44(54)22-17-36-9-11-38(32-46)12-10-36)43(31-37-7-5-4-6-8-37)45(55)51-25-23-48(24-26-51)33-39-13-18-41(19-14-39)47(2)3/h4-22,43H,23-31,33-34H2,1-3H3/b22-17-/t43-/m0/s1. The van der Waals surface area contributed by atoms with Crippen molar-refractivity contribution in [3.63, 3.8) is 0 Å². The molecule has 3 amide bonds. The topological polar surface area (TPSA) is 94.4 Å². The minimum Gasteiger partial charge on any atom is -0.378 e. The summed E-state index contributed by atoms with van der Waals surface area (Å²) in [5.74, 6) is -0.220. The Morgan fingerprint density at radius 3 is 1.95 bits per heavy atom. The molecule has 4 aromatic rings. The second-order valence-corrected chi connectivity index (χ2v) is 14.6. The van der Waals surface area contributed by atoms with Gasteiger partial charge in [0.15, 0.2) is 0 Å². The van der Waals surface area contributed by atoms with Crippen LogP contribution in [-0.4, -0.2) is 110 Å². The molecular weight excluding hydrogens is 687 g/mol. The first-order chi connectivity index (χ1) is 26.7. The van der Waals surface area contributed by atoms with E-state index in [-0.39, 0.29) is 24.3 Å². The predicted molar refractivity (Wildman–Crippen MR) is 218 cm³/mol. The van der Waals surface area contributed by atoms with Gasteiger partial charge in [0, 0.05) is 110 Å². The van der Waals surface area contributed by atoms with Crippen molar-refractivity contribution in [1.82, 2.24) is 19.6 Å². The van der Waals surface area contributed by atoms with Crippen LogP contribution in [0.2, 0.25) is 0 Å². The van der Waals surface area contributed by atoms with E-state index in [1.807, 2.05) is 78.5 Å². The van der Waals surface area contributed by atoms with E-state index in [4.69, 9.17) is 0 Å². The average Bonchev–Trinajstić information content (AvgIpc) is 3.22. The van der Waals surface area contributed by atoms with E-state index in [1.165, 1.54) is 11.6 Å². The van der Waals surface area contributed by atoms with Crippen LogP contribution in [0.15, 0.2) is 109 Å². The zero-order valence-electron chi connectivity index (χ0n) is 32.2. The Bertz CT molecular complexity index is 1960. The van der Waals surface area contributed by atoms with Crippen LogP contribution in [0.3, 0.4) is 0 Å². The number of benzene rings is 4. The van der Waals surface area contributed by atoms with Crippen molar-refractivity contribution < 1.29 is 14.4 Å². The highest BCUT2D eigenvalue weighted by molar-refractivity contribution is 5.96. The van der Waals surface area contributed by atoms with Gasteiger partial charge in [0.1, 0.15) is 6.04 Å². The third-order valence-corrected chi connectivity index (χ3v) is 10.6. The number of hydrogen-bond donors (Lipinski definition) is 0.